The van der Waals surface area contributed by atoms with Gasteiger partial charge >= 0.3 is 0 Å². The molecule has 104 valence electrons. The first-order chi connectivity index (χ1) is 9.67. The molecule has 4 heteroatoms. The van der Waals surface area contributed by atoms with Crippen LogP contribution in [0.15, 0.2) is 42.7 Å². The third kappa shape index (κ3) is 2.51. The monoisotopic (exact) mass is 269 g/mol. The number of hydrogen-bond acceptors (Lipinski definition) is 4. The van der Waals surface area contributed by atoms with Gasteiger partial charge in [-0.05, 0) is 19.4 Å². The summed E-state index contributed by atoms with van der Waals surface area (Å²) in [4.78, 5) is 10.8. The van der Waals surface area contributed by atoms with E-state index >= 15 is 0 Å². The van der Waals surface area contributed by atoms with Crippen LogP contribution in [0.5, 0.6) is 0 Å². The van der Waals surface area contributed by atoms with Crippen molar-refractivity contribution < 1.29 is 4.74 Å². The number of anilines is 1. The summed E-state index contributed by atoms with van der Waals surface area (Å²) >= 11 is 0. The minimum absolute atomic E-state index is 0.293. The Kier molecular flexibility index (Phi) is 3.40. The molecule has 2 heterocycles. The van der Waals surface area contributed by atoms with E-state index < -0.39 is 0 Å². The van der Waals surface area contributed by atoms with Crippen LogP contribution < -0.4 is 4.90 Å². The van der Waals surface area contributed by atoms with Crippen molar-refractivity contribution in [3.8, 4) is 0 Å². The molecule has 1 aliphatic heterocycles. The molecule has 20 heavy (non-hydrogen) atoms. The van der Waals surface area contributed by atoms with Crippen molar-refractivity contribution in [3.63, 3.8) is 0 Å². The van der Waals surface area contributed by atoms with Crippen LogP contribution >= 0.6 is 0 Å². The lowest BCUT2D eigenvalue weighted by molar-refractivity contribution is -0.0468. The van der Waals surface area contributed by atoms with Gasteiger partial charge in [0.05, 0.1) is 13.2 Å². The summed E-state index contributed by atoms with van der Waals surface area (Å²) in [6.45, 7) is 6.49. The first-order valence-electron chi connectivity index (χ1n) is 6.90. The van der Waals surface area contributed by atoms with Crippen LogP contribution in [0.25, 0.3) is 0 Å². The second kappa shape index (κ2) is 5.21. The molecule has 1 aromatic carbocycles. The van der Waals surface area contributed by atoms with Crippen LogP contribution in [0.3, 0.4) is 0 Å². The van der Waals surface area contributed by atoms with Crippen LogP contribution in [-0.4, -0.2) is 29.7 Å². The van der Waals surface area contributed by atoms with E-state index in [0.717, 1.165) is 24.6 Å². The largest absolute Gasteiger partial charge is 0.367 e. The third-order valence-corrected chi connectivity index (χ3v) is 3.77. The molecule has 2 aromatic rings. The van der Waals surface area contributed by atoms with Crippen molar-refractivity contribution in [2.75, 3.05) is 24.6 Å². The van der Waals surface area contributed by atoms with Gasteiger partial charge in [-0.2, -0.15) is 0 Å². The first kappa shape index (κ1) is 13.1. The molecule has 1 unspecified atom stereocenters. The van der Waals surface area contributed by atoms with Gasteiger partial charge in [0.25, 0.3) is 0 Å². The van der Waals surface area contributed by atoms with E-state index in [9.17, 15) is 0 Å². The zero-order valence-electron chi connectivity index (χ0n) is 11.9. The van der Waals surface area contributed by atoms with Gasteiger partial charge in [-0.15, -0.1) is 0 Å². The molecule has 1 aliphatic rings. The van der Waals surface area contributed by atoms with Gasteiger partial charge in [-0.3, -0.25) is 0 Å². The Balaban J connectivity index is 1.87. The molecule has 0 amide bonds. The van der Waals surface area contributed by atoms with Crippen LogP contribution in [-0.2, 0) is 10.3 Å². The molecular weight excluding hydrogens is 250 g/mol. The highest BCUT2D eigenvalue weighted by molar-refractivity contribution is 5.41. The summed E-state index contributed by atoms with van der Waals surface area (Å²) in [6, 6.07) is 12.4. The summed E-state index contributed by atoms with van der Waals surface area (Å²) in [5, 5.41) is 0. The van der Waals surface area contributed by atoms with E-state index in [4.69, 9.17) is 4.74 Å². The molecule has 0 saturated carbocycles. The number of aryl methyl sites for hydroxylation is 1. The van der Waals surface area contributed by atoms with Crippen LogP contribution in [0.2, 0.25) is 0 Å². The molecule has 0 spiro atoms. The molecule has 1 saturated heterocycles. The number of hydrogen-bond donors (Lipinski definition) is 0. The zero-order chi connectivity index (χ0) is 14.0. The Morgan fingerprint density at radius 2 is 2.00 bits per heavy atom. The number of aromatic nitrogens is 2. The van der Waals surface area contributed by atoms with E-state index in [-0.39, 0.29) is 5.60 Å². The topological polar surface area (TPSA) is 38.2 Å². The lowest BCUT2D eigenvalue weighted by Gasteiger charge is -2.41. The molecule has 0 N–H and O–H groups in total. The molecule has 1 fully saturated rings. The van der Waals surface area contributed by atoms with Crippen LogP contribution in [0.4, 0.5) is 5.82 Å². The van der Waals surface area contributed by atoms with Gasteiger partial charge < -0.3 is 9.64 Å². The molecule has 1 aromatic heterocycles. The number of morpholine rings is 1. The van der Waals surface area contributed by atoms with Crippen molar-refractivity contribution in [1.82, 2.24) is 9.97 Å². The second-order valence-electron chi connectivity index (χ2n) is 5.38. The van der Waals surface area contributed by atoms with Gasteiger partial charge in [-0.1, -0.05) is 30.3 Å². The quantitative estimate of drug-likeness (QED) is 0.839. The Morgan fingerprint density at radius 3 is 2.75 bits per heavy atom. The maximum absolute atomic E-state index is 6.05. The maximum Gasteiger partial charge on any atom is 0.132 e. The SMILES string of the molecule is Cc1cc(N2CCOC(C)(c3ccccc3)C2)ncn1. The van der Waals surface area contributed by atoms with Gasteiger partial charge in [0, 0.05) is 18.3 Å². The van der Waals surface area contributed by atoms with Crippen molar-refractivity contribution in [2.24, 2.45) is 0 Å². The first-order valence-corrected chi connectivity index (χ1v) is 6.90. The number of rotatable bonds is 2. The smallest absolute Gasteiger partial charge is 0.132 e. The van der Waals surface area contributed by atoms with Crippen molar-refractivity contribution >= 4 is 5.82 Å². The molecule has 0 radical (unpaired) electrons. The third-order valence-electron chi connectivity index (χ3n) is 3.77. The minimum Gasteiger partial charge on any atom is -0.367 e. The van der Waals surface area contributed by atoms with E-state index in [1.807, 2.05) is 19.1 Å². The van der Waals surface area contributed by atoms with E-state index in [0.29, 0.717) is 6.61 Å². The standard InChI is InChI=1S/C16H19N3O/c1-13-10-15(18-12-17-13)19-8-9-20-16(2,11-19)14-6-4-3-5-7-14/h3-7,10,12H,8-9,11H2,1-2H3. The predicted octanol–water partition coefficient (Wildman–Crippen LogP) is 2.54. The van der Waals surface area contributed by atoms with Crippen LogP contribution in [0.1, 0.15) is 18.2 Å². The van der Waals surface area contributed by atoms with Crippen LogP contribution in [0, 0.1) is 6.92 Å². The van der Waals surface area contributed by atoms with E-state index in [2.05, 4.69) is 46.1 Å². The molecule has 0 bridgehead atoms. The van der Waals surface area contributed by atoms with Gasteiger partial charge in [0.2, 0.25) is 0 Å². The van der Waals surface area contributed by atoms with Gasteiger partial charge in [0.15, 0.2) is 0 Å². The van der Waals surface area contributed by atoms with Gasteiger partial charge in [0.1, 0.15) is 17.7 Å². The average Bonchev–Trinajstić information content (AvgIpc) is 2.48. The highest BCUT2D eigenvalue weighted by Crippen LogP contribution is 2.30. The lowest BCUT2D eigenvalue weighted by atomic mass is 9.94. The van der Waals surface area contributed by atoms with E-state index in [1.54, 1.807) is 6.33 Å². The predicted molar refractivity (Wildman–Crippen MR) is 78.7 cm³/mol. The molecule has 4 nitrogen and oxygen atoms in total. The Labute approximate surface area is 119 Å². The number of ether oxygens (including phenoxy) is 1. The fraction of sp³-hybridized carbons (Fsp3) is 0.375. The second-order valence-corrected chi connectivity index (χ2v) is 5.38. The lowest BCUT2D eigenvalue weighted by Crippen LogP contribution is -2.48. The van der Waals surface area contributed by atoms with Gasteiger partial charge in [-0.25, -0.2) is 9.97 Å². The number of benzene rings is 1. The minimum atomic E-state index is -0.293. The molecular formula is C16H19N3O. The molecule has 3 rings (SSSR count). The molecule has 1 atom stereocenters. The number of nitrogens with zero attached hydrogens (tertiary/aromatic N) is 3. The highest BCUT2D eigenvalue weighted by atomic mass is 16.5. The summed E-state index contributed by atoms with van der Waals surface area (Å²) < 4.78 is 6.05. The summed E-state index contributed by atoms with van der Waals surface area (Å²) in [5.74, 6) is 0.975. The van der Waals surface area contributed by atoms with Crippen molar-refractivity contribution in [3.05, 3.63) is 54.0 Å². The fourth-order valence-corrected chi connectivity index (χ4v) is 2.64. The zero-order valence-corrected chi connectivity index (χ0v) is 11.9. The molecule has 0 aliphatic carbocycles. The normalized spacial score (nSPS) is 22.8. The Bertz CT molecular complexity index is 587. The summed E-state index contributed by atoms with van der Waals surface area (Å²) in [6.07, 6.45) is 1.62. The maximum atomic E-state index is 6.05. The summed E-state index contributed by atoms with van der Waals surface area (Å²) in [7, 11) is 0. The van der Waals surface area contributed by atoms with Crippen molar-refractivity contribution in [1.29, 1.82) is 0 Å². The average molecular weight is 269 g/mol. The Hall–Kier alpha value is -1.94. The summed E-state index contributed by atoms with van der Waals surface area (Å²) in [5.41, 5.74) is 1.90. The fourth-order valence-electron chi connectivity index (χ4n) is 2.64. The highest BCUT2D eigenvalue weighted by Gasteiger charge is 2.34. The van der Waals surface area contributed by atoms with Crippen molar-refractivity contribution in [2.45, 2.75) is 19.4 Å². The Morgan fingerprint density at radius 1 is 1.20 bits per heavy atom. The van der Waals surface area contributed by atoms with E-state index in [1.165, 1.54) is 5.56 Å².